The lowest BCUT2D eigenvalue weighted by molar-refractivity contribution is 0.0442. The Kier molecular flexibility index (Phi) is 9.95. The molecule has 362 valence electrons. The van der Waals surface area contributed by atoms with Crippen molar-refractivity contribution in [3.05, 3.63) is 95.8 Å². The second kappa shape index (κ2) is 16.1. The third-order valence-corrected chi connectivity index (χ3v) is 18.6. The van der Waals surface area contributed by atoms with Gasteiger partial charge in [-0.15, -0.1) is 0 Å². The highest BCUT2D eigenvalue weighted by atomic mass is 15.3. The monoisotopic (exact) mass is 935 g/mol. The number of fused-ring (bicyclic) bond motifs is 4. The van der Waals surface area contributed by atoms with Crippen LogP contribution in [-0.2, 0) is 32.7 Å². The van der Waals surface area contributed by atoms with Crippen LogP contribution in [-0.4, -0.2) is 98.4 Å². The van der Waals surface area contributed by atoms with Crippen molar-refractivity contribution in [1.29, 1.82) is 0 Å². The molecule has 12 nitrogen and oxygen atoms in total. The lowest BCUT2D eigenvalue weighted by Gasteiger charge is -2.51. The quantitative estimate of drug-likeness (QED) is 0.132. The molecule has 4 aliphatic heterocycles. The number of aryl methyl sites for hydroxylation is 2. The van der Waals surface area contributed by atoms with Crippen LogP contribution >= 0.6 is 0 Å². The van der Waals surface area contributed by atoms with Crippen LogP contribution in [0.5, 0.6) is 0 Å². The summed E-state index contributed by atoms with van der Waals surface area (Å²) in [4.78, 5) is 26.4. The molecular weight excluding hydrogens is 865 g/mol. The van der Waals surface area contributed by atoms with Crippen molar-refractivity contribution >= 4 is 44.1 Å². The molecule has 0 bridgehead atoms. The van der Waals surface area contributed by atoms with E-state index >= 15 is 0 Å². The van der Waals surface area contributed by atoms with Crippen LogP contribution in [0.1, 0.15) is 114 Å². The molecule has 4 atom stereocenters. The molecule has 70 heavy (non-hydrogen) atoms. The first kappa shape index (κ1) is 43.4. The first-order valence-electron chi connectivity index (χ1n) is 26.9. The van der Waals surface area contributed by atoms with Crippen LogP contribution in [0.15, 0.2) is 79.1 Å². The number of nitrogens with one attached hydrogen (secondary N) is 2. The molecule has 2 saturated carbocycles. The normalized spacial score (nSPS) is 25.1. The minimum atomic E-state index is -0.162. The predicted molar refractivity (Wildman–Crippen MR) is 281 cm³/mol. The topological polar surface area (TPSA) is 102 Å². The number of hydrogen-bond donors (Lipinski definition) is 2. The van der Waals surface area contributed by atoms with E-state index in [-0.39, 0.29) is 11.1 Å². The van der Waals surface area contributed by atoms with E-state index in [2.05, 4.69) is 140 Å². The minimum absolute atomic E-state index is 0.0659. The number of nitrogens with zero attached hydrogens (tertiary/aromatic N) is 10. The van der Waals surface area contributed by atoms with Gasteiger partial charge in [0.05, 0.1) is 33.5 Å². The zero-order chi connectivity index (χ0) is 47.1. The summed E-state index contributed by atoms with van der Waals surface area (Å²) in [6.07, 6.45) is 16.7. The van der Waals surface area contributed by atoms with Crippen LogP contribution < -0.4 is 10.6 Å². The van der Waals surface area contributed by atoms with Crippen molar-refractivity contribution in [1.82, 2.24) is 58.6 Å². The Balaban J connectivity index is 0.715. The fourth-order valence-corrected chi connectivity index (χ4v) is 13.7. The highest BCUT2D eigenvalue weighted by molar-refractivity contribution is 5.88. The van der Waals surface area contributed by atoms with Gasteiger partial charge in [0.25, 0.3) is 0 Å². The molecule has 0 amide bonds. The summed E-state index contributed by atoms with van der Waals surface area (Å²) in [5.74, 6) is 3.91. The second-order valence-corrected chi connectivity index (χ2v) is 23.6. The smallest absolute Gasteiger partial charge is 0.157 e. The van der Waals surface area contributed by atoms with Gasteiger partial charge in [-0.3, -0.25) is 9.80 Å². The van der Waals surface area contributed by atoms with E-state index < -0.39 is 0 Å². The number of rotatable bonds is 11. The summed E-state index contributed by atoms with van der Waals surface area (Å²) in [6.45, 7) is 15.8. The largest absolute Gasteiger partial charge is 0.326 e. The van der Waals surface area contributed by atoms with Crippen molar-refractivity contribution in [2.24, 2.45) is 25.9 Å². The molecule has 6 fully saturated rings. The number of benzene rings is 2. The SMILES string of the molecule is CC(c1ccc2c(c1)nc(-c1cc3cc(C4CNC5(CCCN(C(C)(C)c6ccc7c(c6)nc(-c6cc8cccnc8n6CC6CC6)n7C)C5)C4)cnc3n1CC1CC1)n2C)N1CCCC2(CCN2)C1. The second-order valence-electron chi connectivity index (χ2n) is 23.6. The summed E-state index contributed by atoms with van der Waals surface area (Å²) in [7, 11) is 4.37. The standard InChI is InChI=1S/C58H70N12/c1-37(67-23-7-18-57(35-67)20-22-61-57)40-14-16-48-46(26-40)63-55(65(48)4)51-28-42-25-43(31-60-53(42)70(51)34-39-12-13-39)44-30-58(62-32-44)19-8-24-68(36-58)56(2,3)45-15-17-49-47(29-45)64-54(66(49)5)50-27-41-9-6-21-59-52(41)69(50)33-38-10-11-38/h6,9,14-17,21,25-29,31,37-39,44,61-62H,7-8,10-13,18-20,22-24,30,32-36H2,1-5H3. The fraction of sp³-hybridized carbons (Fsp3) is 0.517. The Morgan fingerprint density at radius 1 is 0.714 bits per heavy atom. The van der Waals surface area contributed by atoms with E-state index in [0.717, 1.165) is 92.1 Å². The first-order chi connectivity index (χ1) is 34.0. The van der Waals surface area contributed by atoms with E-state index in [1.165, 1.54) is 114 Å². The van der Waals surface area contributed by atoms with Gasteiger partial charge < -0.3 is 28.9 Å². The molecule has 2 aliphatic carbocycles. The van der Waals surface area contributed by atoms with Crippen LogP contribution in [0.3, 0.4) is 0 Å². The maximum atomic E-state index is 5.43. The van der Waals surface area contributed by atoms with Crippen LogP contribution in [0.2, 0.25) is 0 Å². The van der Waals surface area contributed by atoms with E-state index in [4.69, 9.17) is 19.9 Å². The Hall–Kier alpha value is -5.40. The molecule has 6 aliphatic rings. The summed E-state index contributed by atoms with van der Waals surface area (Å²) >= 11 is 0. The lowest BCUT2D eigenvalue weighted by atomic mass is 9.79. The van der Waals surface area contributed by atoms with Crippen molar-refractivity contribution in [2.45, 2.75) is 127 Å². The van der Waals surface area contributed by atoms with E-state index in [9.17, 15) is 0 Å². The highest BCUT2D eigenvalue weighted by Gasteiger charge is 2.46. The van der Waals surface area contributed by atoms with Gasteiger partial charge in [0, 0.05) is 92.6 Å². The van der Waals surface area contributed by atoms with Gasteiger partial charge in [-0.05, 0) is 194 Å². The Labute approximate surface area is 411 Å². The zero-order valence-corrected chi connectivity index (χ0v) is 42.0. The van der Waals surface area contributed by atoms with Crippen LogP contribution in [0, 0.1) is 11.8 Å². The molecule has 14 rings (SSSR count). The molecule has 4 unspecified atom stereocenters. The fourth-order valence-electron chi connectivity index (χ4n) is 13.7. The Bertz CT molecular complexity index is 3340. The number of pyridine rings is 2. The predicted octanol–water partition coefficient (Wildman–Crippen LogP) is 10.0. The average molecular weight is 935 g/mol. The highest BCUT2D eigenvalue weighted by Crippen LogP contribution is 2.44. The molecule has 2 aromatic carbocycles. The summed E-state index contributed by atoms with van der Waals surface area (Å²) < 4.78 is 9.51. The van der Waals surface area contributed by atoms with Gasteiger partial charge in [0.1, 0.15) is 11.3 Å². The van der Waals surface area contributed by atoms with Crippen molar-refractivity contribution in [3.63, 3.8) is 0 Å². The number of piperidine rings is 2. The van der Waals surface area contributed by atoms with Gasteiger partial charge in [-0.1, -0.05) is 12.1 Å². The van der Waals surface area contributed by atoms with Crippen LogP contribution in [0.4, 0.5) is 0 Å². The van der Waals surface area contributed by atoms with Gasteiger partial charge in [-0.25, -0.2) is 19.9 Å². The summed E-state index contributed by atoms with van der Waals surface area (Å²) in [5.41, 5.74) is 13.3. The van der Waals surface area contributed by atoms with Crippen molar-refractivity contribution in [3.8, 4) is 23.0 Å². The third kappa shape index (κ3) is 7.20. The number of likely N-dealkylation sites (tertiary alicyclic amines) is 2. The molecule has 10 heterocycles. The summed E-state index contributed by atoms with van der Waals surface area (Å²) in [5, 5.41) is 10.3. The van der Waals surface area contributed by atoms with Crippen molar-refractivity contribution < 1.29 is 0 Å². The van der Waals surface area contributed by atoms with Gasteiger partial charge in [0.15, 0.2) is 11.6 Å². The molecule has 8 aromatic rings. The molecule has 6 aromatic heterocycles. The van der Waals surface area contributed by atoms with Crippen molar-refractivity contribution in [2.75, 3.05) is 39.3 Å². The number of hydrogen-bond acceptors (Lipinski definition) is 8. The lowest BCUT2D eigenvalue weighted by Crippen LogP contribution is -2.65. The molecule has 4 saturated heterocycles. The molecular formula is C58H70N12. The van der Waals surface area contributed by atoms with Gasteiger partial charge >= 0.3 is 0 Å². The number of aromatic nitrogens is 8. The van der Waals surface area contributed by atoms with E-state index in [1.807, 2.05) is 12.3 Å². The molecule has 0 radical (unpaired) electrons. The van der Waals surface area contributed by atoms with Gasteiger partial charge in [-0.2, -0.15) is 0 Å². The number of imidazole rings is 2. The van der Waals surface area contributed by atoms with E-state index in [1.54, 1.807) is 0 Å². The minimum Gasteiger partial charge on any atom is -0.326 e. The zero-order valence-electron chi connectivity index (χ0n) is 42.0. The molecule has 2 spiro atoms. The first-order valence-corrected chi connectivity index (χ1v) is 26.9. The third-order valence-electron chi connectivity index (χ3n) is 18.6. The van der Waals surface area contributed by atoms with Crippen LogP contribution in [0.25, 0.3) is 67.2 Å². The Morgan fingerprint density at radius 2 is 1.39 bits per heavy atom. The maximum absolute atomic E-state index is 5.43. The molecule has 12 heteroatoms. The Morgan fingerprint density at radius 3 is 2.10 bits per heavy atom. The molecule has 2 N–H and O–H groups in total. The summed E-state index contributed by atoms with van der Waals surface area (Å²) in [6, 6.07) is 25.8. The van der Waals surface area contributed by atoms with Gasteiger partial charge in [0.2, 0.25) is 0 Å². The van der Waals surface area contributed by atoms with E-state index in [0.29, 0.717) is 23.4 Å². The average Bonchev–Trinajstić information content (AvgIpc) is 4.19. The maximum Gasteiger partial charge on any atom is 0.157 e.